The van der Waals surface area contributed by atoms with E-state index in [0.29, 0.717) is 12.1 Å². The van der Waals surface area contributed by atoms with Crippen LogP contribution >= 0.6 is 11.3 Å². The van der Waals surface area contributed by atoms with Crippen LogP contribution in [0.3, 0.4) is 0 Å². The van der Waals surface area contributed by atoms with Crippen molar-refractivity contribution in [3.8, 4) is 0 Å². The molecule has 1 aromatic heterocycles. The highest BCUT2D eigenvalue weighted by Gasteiger charge is 2.25. The van der Waals surface area contributed by atoms with Gasteiger partial charge in [-0.05, 0) is 43.2 Å². The molecule has 0 saturated heterocycles. The number of benzene rings is 1. The minimum Gasteiger partial charge on any atom is -0.306 e. The summed E-state index contributed by atoms with van der Waals surface area (Å²) in [6, 6.07) is 12.3. The third kappa shape index (κ3) is 2.91. The summed E-state index contributed by atoms with van der Waals surface area (Å²) in [5, 5.41) is 5.29. The molecule has 0 amide bonds. The molecule has 1 saturated carbocycles. The second-order valence-corrected chi connectivity index (χ2v) is 7.25. The van der Waals surface area contributed by atoms with Gasteiger partial charge in [-0.3, -0.25) is 0 Å². The van der Waals surface area contributed by atoms with Crippen LogP contribution in [0.5, 0.6) is 0 Å². The molecule has 0 spiro atoms. The Balaban J connectivity index is 1.73. The Kier molecular flexibility index (Phi) is 4.42. The summed E-state index contributed by atoms with van der Waals surface area (Å²) in [5.74, 6) is 0.876. The van der Waals surface area contributed by atoms with Gasteiger partial charge in [0.05, 0.1) is 0 Å². The molecule has 0 aliphatic heterocycles. The molecule has 2 heteroatoms. The van der Waals surface area contributed by atoms with Crippen LogP contribution in [0, 0.1) is 5.92 Å². The molecule has 1 aromatic carbocycles. The first-order valence-electron chi connectivity index (χ1n) is 8.02. The summed E-state index contributed by atoms with van der Waals surface area (Å²) in [6.07, 6.45) is 6.90. The highest BCUT2D eigenvalue weighted by Crippen LogP contribution is 2.32. The molecule has 3 unspecified atom stereocenters. The first kappa shape index (κ1) is 14.1. The number of nitrogens with one attached hydrogen (secondary N) is 1. The predicted octanol–water partition coefficient (Wildman–Crippen LogP) is 5.52. The van der Waals surface area contributed by atoms with Crippen LogP contribution in [0.15, 0.2) is 30.3 Å². The molecule has 0 bridgehead atoms. The third-order valence-corrected chi connectivity index (χ3v) is 6.07. The van der Waals surface area contributed by atoms with Crippen LogP contribution < -0.4 is 5.32 Å². The van der Waals surface area contributed by atoms with Crippen molar-refractivity contribution in [2.75, 3.05) is 0 Å². The molecule has 0 radical (unpaired) electrons. The maximum Gasteiger partial charge on any atom is 0.0388 e. The van der Waals surface area contributed by atoms with E-state index in [1.54, 1.807) is 0 Å². The first-order chi connectivity index (χ1) is 9.78. The lowest BCUT2D eigenvalue weighted by Gasteiger charge is -2.33. The van der Waals surface area contributed by atoms with Gasteiger partial charge in [0, 0.05) is 21.7 Å². The van der Waals surface area contributed by atoms with Crippen molar-refractivity contribution in [2.45, 2.75) is 58.0 Å². The van der Waals surface area contributed by atoms with E-state index in [1.807, 2.05) is 11.3 Å². The molecule has 3 atom stereocenters. The molecule has 3 rings (SSSR count). The van der Waals surface area contributed by atoms with Crippen molar-refractivity contribution in [3.63, 3.8) is 0 Å². The van der Waals surface area contributed by atoms with Crippen LogP contribution in [-0.2, 0) is 0 Å². The largest absolute Gasteiger partial charge is 0.306 e. The highest BCUT2D eigenvalue weighted by atomic mass is 32.1. The van der Waals surface area contributed by atoms with Crippen LogP contribution in [0.2, 0.25) is 0 Å². The van der Waals surface area contributed by atoms with Crippen LogP contribution in [0.25, 0.3) is 10.1 Å². The Hall–Kier alpha value is -0.860. The van der Waals surface area contributed by atoms with E-state index in [9.17, 15) is 0 Å². The zero-order chi connectivity index (χ0) is 13.9. The molecule has 1 nitrogen and oxygen atoms in total. The van der Waals surface area contributed by atoms with Crippen molar-refractivity contribution < 1.29 is 0 Å². The normalized spacial score (nSPS) is 24.9. The Morgan fingerprint density at radius 2 is 2.05 bits per heavy atom. The molecule has 108 valence electrons. The molecular weight excluding hydrogens is 262 g/mol. The van der Waals surface area contributed by atoms with E-state index >= 15 is 0 Å². The predicted molar refractivity (Wildman–Crippen MR) is 89.4 cm³/mol. The SMILES string of the molecule is CCC1CCCCC1NC(C)c1cc2ccccc2s1. The van der Waals surface area contributed by atoms with Gasteiger partial charge < -0.3 is 5.32 Å². The fourth-order valence-electron chi connectivity index (χ4n) is 3.53. The highest BCUT2D eigenvalue weighted by molar-refractivity contribution is 7.19. The number of hydrogen-bond donors (Lipinski definition) is 1. The van der Waals surface area contributed by atoms with Crippen LogP contribution in [0.1, 0.15) is 56.9 Å². The lowest BCUT2D eigenvalue weighted by molar-refractivity contribution is 0.241. The fraction of sp³-hybridized carbons (Fsp3) is 0.556. The molecule has 2 aromatic rings. The van der Waals surface area contributed by atoms with Crippen LogP contribution in [-0.4, -0.2) is 6.04 Å². The minimum atomic E-state index is 0.476. The van der Waals surface area contributed by atoms with Crippen molar-refractivity contribution in [1.82, 2.24) is 5.32 Å². The molecule has 1 heterocycles. The second-order valence-electron chi connectivity index (χ2n) is 6.13. The van der Waals surface area contributed by atoms with Crippen LogP contribution in [0.4, 0.5) is 0 Å². The lowest BCUT2D eigenvalue weighted by Crippen LogP contribution is -2.39. The van der Waals surface area contributed by atoms with E-state index in [-0.39, 0.29) is 0 Å². The summed E-state index contributed by atoms with van der Waals surface area (Å²) in [6.45, 7) is 4.67. The number of fused-ring (bicyclic) bond motifs is 1. The van der Waals surface area contributed by atoms with Gasteiger partial charge >= 0.3 is 0 Å². The van der Waals surface area contributed by atoms with E-state index in [2.05, 4.69) is 49.5 Å². The third-order valence-electron chi connectivity index (χ3n) is 4.77. The van der Waals surface area contributed by atoms with Crippen molar-refractivity contribution in [1.29, 1.82) is 0 Å². The van der Waals surface area contributed by atoms with Gasteiger partial charge in [-0.2, -0.15) is 0 Å². The first-order valence-corrected chi connectivity index (χ1v) is 8.84. The summed E-state index contributed by atoms with van der Waals surface area (Å²) in [5.41, 5.74) is 0. The topological polar surface area (TPSA) is 12.0 Å². The lowest BCUT2D eigenvalue weighted by atomic mass is 9.82. The smallest absolute Gasteiger partial charge is 0.0388 e. The standard InChI is InChI=1S/C18H25NS/c1-3-14-8-4-6-10-16(14)19-13(2)18-12-15-9-5-7-11-17(15)20-18/h5,7,9,11-14,16,19H,3-4,6,8,10H2,1-2H3. The maximum absolute atomic E-state index is 3.91. The number of rotatable bonds is 4. The van der Waals surface area contributed by atoms with Gasteiger partial charge in [0.15, 0.2) is 0 Å². The quantitative estimate of drug-likeness (QED) is 0.780. The molecular formula is C18H25NS. The van der Waals surface area contributed by atoms with Gasteiger partial charge in [-0.15, -0.1) is 11.3 Å². The van der Waals surface area contributed by atoms with E-state index in [1.165, 1.54) is 47.1 Å². The van der Waals surface area contributed by atoms with Gasteiger partial charge in [0.25, 0.3) is 0 Å². The van der Waals surface area contributed by atoms with Gasteiger partial charge in [-0.25, -0.2) is 0 Å². The Labute approximate surface area is 126 Å². The van der Waals surface area contributed by atoms with Crippen molar-refractivity contribution in [2.24, 2.45) is 5.92 Å². The van der Waals surface area contributed by atoms with E-state index in [4.69, 9.17) is 0 Å². The second kappa shape index (κ2) is 6.28. The summed E-state index contributed by atoms with van der Waals surface area (Å²) >= 11 is 1.94. The zero-order valence-electron chi connectivity index (χ0n) is 12.6. The monoisotopic (exact) mass is 287 g/mol. The van der Waals surface area contributed by atoms with Gasteiger partial charge in [-0.1, -0.05) is 44.4 Å². The maximum atomic E-state index is 3.91. The molecule has 1 aliphatic rings. The molecule has 1 N–H and O–H groups in total. The van der Waals surface area contributed by atoms with Gasteiger partial charge in [0.1, 0.15) is 0 Å². The van der Waals surface area contributed by atoms with Crippen molar-refractivity contribution in [3.05, 3.63) is 35.2 Å². The molecule has 1 aliphatic carbocycles. The number of hydrogen-bond acceptors (Lipinski definition) is 2. The Bertz CT molecular complexity index is 526. The fourth-order valence-corrected chi connectivity index (χ4v) is 4.61. The summed E-state index contributed by atoms with van der Waals surface area (Å²) < 4.78 is 1.41. The Morgan fingerprint density at radius 1 is 1.25 bits per heavy atom. The molecule has 20 heavy (non-hydrogen) atoms. The number of thiophene rings is 1. The minimum absolute atomic E-state index is 0.476. The average molecular weight is 287 g/mol. The summed E-state index contributed by atoms with van der Waals surface area (Å²) in [7, 11) is 0. The molecule has 1 fully saturated rings. The van der Waals surface area contributed by atoms with Gasteiger partial charge in [0.2, 0.25) is 0 Å². The average Bonchev–Trinajstić information content (AvgIpc) is 2.92. The Morgan fingerprint density at radius 3 is 2.85 bits per heavy atom. The van der Waals surface area contributed by atoms with Crippen molar-refractivity contribution >= 4 is 21.4 Å². The summed E-state index contributed by atoms with van der Waals surface area (Å²) in [4.78, 5) is 1.48. The van der Waals surface area contributed by atoms with E-state index in [0.717, 1.165) is 5.92 Å². The zero-order valence-corrected chi connectivity index (χ0v) is 13.4. The van der Waals surface area contributed by atoms with E-state index < -0.39 is 0 Å².